The van der Waals surface area contributed by atoms with Crippen LogP contribution in [0.2, 0.25) is 0 Å². The van der Waals surface area contributed by atoms with Crippen molar-refractivity contribution in [1.29, 1.82) is 0 Å². The number of nitrogens with one attached hydrogen (secondary N) is 3. The molecule has 1 aromatic heterocycles. The van der Waals surface area contributed by atoms with E-state index in [1.54, 1.807) is 0 Å². The smallest absolute Gasteiger partial charge is 0.112 e. The zero-order valence-electron chi connectivity index (χ0n) is 10.2. The van der Waals surface area contributed by atoms with Crippen LogP contribution in [0.1, 0.15) is 24.7 Å². The second-order valence-corrected chi connectivity index (χ2v) is 4.71. The zero-order valence-corrected chi connectivity index (χ0v) is 10.2. The first-order valence-electron chi connectivity index (χ1n) is 5.97. The maximum atomic E-state index is 4.67. The van der Waals surface area contributed by atoms with Gasteiger partial charge in [-0.2, -0.15) is 10.6 Å². The first kappa shape index (κ1) is 10.6. The van der Waals surface area contributed by atoms with E-state index in [1.165, 1.54) is 5.69 Å². The first-order chi connectivity index (χ1) is 8.24. The fourth-order valence-electron chi connectivity index (χ4n) is 2.34. The molecule has 0 amide bonds. The lowest BCUT2D eigenvalue weighted by Crippen LogP contribution is -2.32. The third-order valence-corrected chi connectivity index (χ3v) is 3.27. The van der Waals surface area contributed by atoms with Gasteiger partial charge in [-0.05, 0) is 26.5 Å². The van der Waals surface area contributed by atoms with Crippen LogP contribution in [0, 0.1) is 0 Å². The van der Waals surface area contributed by atoms with Crippen LogP contribution in [0.5, 0.6) is 0 Å². The minimum atomic E-state index is 0.972. The summed E-state index contributed by atoms with van der Waals surface area (Å²) in [6, 6.07) is 2.17. The van der Waals surface area contributed by atoms with Crippen LogP contribution < -0.4 is 16.4 Å². The van der Waals surface area contributed by atoms with Gasteiger partial charge in [-0.1, -0.05) is 0 Å². The van der Waals surface area contributed by atoms with Gasteiger partial charge in [-0.3, -0.25) is 4.68 Å². The second kappa shape index (κ2) is 4.05. The Bertz CT molecular complexity index is 461. The van der Waals surface area contributed by atoms with Gasteiger partial charge in [0.15, 0.2) is 0 Å². The summed E-state index contributed by atoms with van der Waals surface area (Å²) in [6.45, 7) is 5.15. The summed E-state index contributed by atoms with van der Waals surface area (Å²) in [5.74, 6) is 0. The lowest BCUT2D eigenvalue weighted by Gasteiger charge is -2.10. The van der Waals surface area contributed by atoms with E-state index in [1.807, 2.05) is 6.92 Å². The molecule has 0 saturated carbocycles. The molecular weight excluding hydrogens is 216 g/mol. The minimum absolute atomic E-state index is 0.972. The molecule has 0 saturated heterocycles. The van der Waals surface area contributed by atoms with Crippen LogP contribution in [0.25, 0.3) is 5.70 Å². The lowest BCUT2D eigenvalue weighted by molar-refractivity contribution is 0.332. The SMILES string of the molecule is CC1=C(c2cc3n(n2)CCCN(C)C3)NNN1. The van der Waals surface area contributed by atoms with Crippen molar-refractivity contribution in [2.45, 2.75) is 26.4 Å². The summed E-state index contributed by atoms with van der Waals surface area (Å²) in [5, 5.41) is 4.67. The van der Waals surface area contributed by atoms with E-state index >= 15 is 0 Å². The lowest BCUT2D eigenvalue weighted by atomic mass is 10.2. The molecule has 3 N–H and O–H groups in total. The van der Waals surface area contributed by atoms with Gasteiger partial charge in [0.2, 0.25) is 0 Å². The van der Waals surface area contributed by atoms with Crippen molar-refractivity contribution in [3.63, 3.8) is 0 Å². The predicted molar refractivity (Wildman–Crippen MR) is 65.2 cm³/mol. The van der Waals surface area contributed by atoms with Crippen LogP contribution in [0.15, 0.2) is 11.8 Å². The molecule has 0 fully saturated rings. The van der Waals surface area contributed by atoms with E-state index in [9.17, 15) is 0 Å². The molecule has 0 spiro atoms. The topological polar surface area (TPSA) is 57.2 Å². The highest BCUT2D eigenvalue weighted by Crippen LogP contribution is 2.19. The van der Waals surface area contributed by atoms with Crippen LogP contribution in [-0.2, 0) is 13.1 Å². The van der Waals surface area contributed by atoms with Gasteiger partial charge in [0.25, 0.3) is 0 Å². The quantitative estimate of drug-likeness (QED) is 0.639. The van der Waals surface area contributed by atoms with Crippen molar-refractivity contribution in [3.8, 4) is 0 Å². The summed E-state index contributed by atoms with van der Waals surface area (Å²) >= 11 is 0. The summed E-state index contributed by atoms with van der Waals surface area (Å²) < 4.78 is 2.12. The van der Waals surface area contributed by atoms with Gasteiger partial charge >= 0.3 is 0 Å². The number of aromatic nitrogens is 2. The molecule has 0 aliphatic carbocycles. The number of allylic oxidation sites excluding steroid dienone is 1. The first-order valence-corrected chi connectivity index (χ1v) is 5.97. The highest BCUT2D eigenvalue weighted by molar-refractivity contribution is 5.64. The van der Waals surface area contributed by atoms with Crippen molar-refractivity contribution in [2.75, 3.05) is 13.6 Å². The maximum absolute atomic E-state index is 4.67. The van der Waals surface area contributed by atoms with E-state index in [0.29, 0.717) is 0 Å². The molecule has 92 valence electrons. The Balaban J connectivity index is 1.94. The van der Waals surface area contributed by atoms with E-state index in [2.05, 4.69) is 44.2 Å². The van der Waals surface area contributed by atoms with Crippen molar-refractivity contribution in [1.82, 2.24) is 31.1 Å². The van der Waals surface area contributed by atoms with E-state index in [0.717, 1.165) is 43.1 Å². The molecule has 0 aromatic carbocycles. The molecule has 0 radical (unpaired) electrons. The molecule has 6 heteroatoms. The molecule has 0 unspecified atom stereocenters. The third kappa shape index (κ3) is 1.89. The Kier molecular flexibility index (Phi) is 2.53. The third-order valence-electron chi connectivity index (χ3n) is 3.27. The number of hydrazine groups is 2. The summed E-state index contributed by atoms with van der Waals surface area (Å²) in [6.07, 6.45) is 1.16. The second-order valence-electron chi connectivity index (χ2n) is 4.71. The molecular formula is C11H18N6. The molecule has 17 heavy (non-hydrogen) atoms. The van der Waals surface area contributed by atoms with Gasteiger partial charge in [-0.25, -0.2) is 0 Å². The average Bonchev–Trinajstić information content (AvgIpc) is 2.82. The number of nitrogens with zero attached hydrogens (tertiary/aromatic N) is 3. The monoisotopic (exact) mass is 234 g/mol. The van der Waals surface area contributed by atoms with Crippen LogP contribution >= 0.6 is 0 Å². The highest BCUT2D eigenvalue weighted by Gasteiger charge is 2.19. The maximum Gasteiger partial charge on any atom is 0.112 e. The predicted octanol–water partition coefficient (Wildman–Crippen LogP) is 0.0195. The van der Waals surface area contributed by atoms with E-state index in [-0.39, 0.29) is 0 Å². The Morgan fingerprint density at radius 2 is 2.18 bits per heavy atom. The number of hydrogen-bond donors (Lipinski definition) is 3. The fraction of sp³-hybridized carbons (Fsp3) is 0.545. The van der Waals surface area contributed by atoms with E-state index < -0.39 is 0 Å². The Hall–Kier alpha value is -1.53. The number of hydrogen-bond acceptors (Lipinski definition) is 5. The largest absolute Gasteiger partial charge is 0.306 e. The zero-order chi connectivity index (χ0) is 11.8. The molecule has 1 aromatic rings. The molecule has 3 heterocycles. The molecule has 3 rings (SSSR count). The van der Waals surface area contributed by atoms with Crippen molar-refractivity contribution in [2.24, 2.45) is 0 Å². The van der Waals surface area contributed by atoms with Gasteiger partial charge < -0.3 is 15.8 Å². The normalized spacial score (nSPS) is 20.8. The molecule has 0 bridgehead atoms. The highest BCUT2D eigenvalue weighted by atomic mass is 15.6. The van der Waals surface area contributed by atoms with Gasteiger partial charge in [-0.15, -0.1) is 0 Å². The molecule has 0 atom stereocenters. The average molecular weight is 234 g/mol. The van der Waals surface area contributed by atoms with Gasteiger partial charge in [0.1, 0.15) is 5.69 Å². The van der Waals surface area contributed by atoms with Crippen LogP contribution in [-0.4, -0.2) is 28.3 Å². The van der Waals surface area contributed by atoms with Gasteiger partial charge in [0.05, 0.1) is 17.1 Å². The van der Waals surface area contributed by atoms with Crippen LogP contribution in [0.3, 0.4) is 0 Å². The van der Waals surface area contributed by atoms with Crippen molar-refractivity contribution in [3.05, 3.63) is 23.2 Å². The standard InChI is InChI=1S/C11H18N6/c1-8-11(13-15-12-8)10-6-9-7-16(2)4-3-5-17(9)14-10/h6,12-13,15H,3-5,7H2,1-2H3. The summed E-state index contributed by atoms with van der Waals surface area (Å²) in [5.41, 5.74) is 13.4. The Morgan fingerprint density at radius 1 is 1.29 bits per heavy atom. The Labute approximate surface area is 101 Å². The minimum Gasteiger partial charge on any atom is -0.306 e. The Morgan fingerprint density at radius 3 is 2.94 bits per heavy atom. The summed E-state index contributed by atoms with van der Waals surface area (Å²) in [4.78, 5) is 2.34. The van der Waals surface area contributed by atoms with Crippen molar-refractivity contribution < 1.29 is 0 Å². The van der Waals surface area contributed by atoms with Gasteiger partial charge in [0, 0.05) is 19.6 Å². The van der Waals surface area contributed by atoms with Crippen LogP contribution in [0.4, 0.5) is 0 Å². The van der Waals surface area contributed by atoms with E-state index in [4.69, 9.17) is 0 Å². The number of fused-ring (bicyclic) bond motifs is 1. The van der Waals surface area contributed by atoms with Crippen molar-refractivity contribution >= 4 is 5.70 Å². The number of rotatable bonds is 1. The molecule has 2 aliphatic rings. The summed E-state index contributed by atoms with van der Waals surface area (Å²) in [7, 11) is 2.16. The molecule has 6 nitrogen and oxygen atoms in total. The molecule has 2 aliphatic heterocycles. The number of aryl methyl sites for hydroxylation is 1. The fourth-order valence-corrected chi connectivity index (χ4v) is 2.34.